The summed E-state index contributed by atoms with van der Waals surface area (Å²) in [5.41, 5.74) is 0.338. The molecule has 0 saturated heterocycles. The molecular formula is C38H74O2. The molecule has 3 saturated carbocycles. The van der Waals surface area contributed by atoms with Gasteiger partial charge in [-0.25, -0.2) is 4.79 Å². The van der Waals surface area contributed by atoms with Gasteiger partial charge >= 0.3 is 5.97 Å². The molecule has 0 heterocycles. The summed E-state index contributed by atoms with van der Waals surface area (Å²) in [6.07, 6.45) is 46.7. The second-order valence-corrected chi connectivity index (χ2v) is 13.0. The number of hydrogen-bond acceptors (Lipinski definition) is 1. The van der Waals surface area contributed by atoms with E-state index in [0.29, 0.717) is 5.57 Å². The van der Waals surface area contributed by atoms with E-state index in [1.54, 1.807) is 0 Å². The van der Waals surface area contributed by atoms with Crippen LogP contribution in [-0.2, 0) is 4.79 Å². The zero-order valence-electron chi connectivity index (χ0n) is 27.8. The number of aliphatic carboxylic acids is 1. The van der Waals surface area contributed by atoms with Crippen LogP contribution in [0.5, 0.6) is 0 Å². The molecule has 0 unspecified atom stereocenters. The first-order chi connectivity index (χ1) is 19.6. The van der Waals surface area contributed by atoms with Crippen LogP contribution < -0.4 is 0 Å². The molecule has 0 aromatic rings. The van der Waals surface area contributed by atoms with Crippen LogP contribution in [-0.4, -0.2) is 11.1 Å². The second kappa shape index (κ2) is 32.7. The van der Waals surface area contributed by atoms with Crippen molar-refractivity contribution in [2.24, 2.45) is 5.92 Å². The Kier molecular flexibility index (Phi) is 32.1. The summed E-state index contributed by atoms with van der Waals surface area (Å²) in [6, 6.07) is 0. The maximum absolute atomic E-state index is 10.4. The molecule has 3 rings (SSSR count). The largest absolute Gasteiger partial charge is 0.478 e. The Balaban J connectivity index is 0.000000507. The maximum Gasteiger partial charge on any atom is 0.331 e. The molecular weight excluding hydrogens is 488 g/mol. The van der Waals surface area contributed by atoms with Gasteiger partial charge in [0.25, 0.3) is 0 Å². The first-order valence-electron chi connectivity index (χ1n) is 18.6. The van der Waals surface area contributed by atoms with E-state index in [1.165, 1.54) is 193 Å². The van der Waals surface area contributed by atoms with Crippen molar-refractivity contribution in [3.8, 4) is 0 Å². The Bertz CT molecular complexity index is 374. The van der Waals surface area contributed by atoms with Gasteiger partial charge in [-0.2, -0.15) is 0 Å². The van der Waals surface area contributed by atoms with Gasteiger partial charge in [0.1, 0.15) is 0 Å². The molecule has 2 nitrogen and oxygen atoms in total. The quantitative estimate of drug-likeness (QED) is 0.346. The molecule has 3 fully saturated rings. The maximum atomic E-state index is 10.4. The van der Waals surface area contributed by atoms with Crippen LogP contribution in [0.2, 0.25) is 0 Å². The van der Waals surface area contributed by atoms with Gasteiger partial charge in [-0.1, -0.05) is 213 Å². The Hall–Kier alpha value is -0.790. The number of hydrogen-bond donors (Lipinski definition) is 1. The lowest BCUT2D eigenvalue weighted by Gasteiger charge is -2.10. The molecule has 0 bridgehead atoms. The summed E-state index contributed by atoms with van der Waals surface area (Å²) in [4.78, 5) is 10.4. The zero-order chi connectivity index (χ0) is 29.4. The van der Waals surface area contributed by atoms with Crippen molar-refractivity contribution in [2.75, 3.05) is 0 Å². The zero-order valence-corrected chi connectivity index (χ0v) is 27.8. The monoisotopic (exact) mass is 563 g/mol. The highest BCUT2D eigenvalue weighted by Crippen LogP contribution is 2.18. The highest BCUT2D eigenvalue weighted by molar-refractivity contribution is 5.86. The van der Waals surface area contributed by atoms with Crippen molar-refractivity contribution < 1.29 is 9.90 Å². The van der Waals surface area contributed by atoms with E-state index in [-0.39, 0.29) is 5.92 Å². The van der Waals surface area contributed by atoms with E-state index in [2.05, 4.69) is 6.58 Å². The number of carboxylic acid groups (broad SMARTS) is 1. The van der Waals surface area contributed by atoms with Crippen LogP contribution in [0.4, 0.5) is 0 Å². The van der Waals surface area contributed by atoms with Crippen molar-refractivity contribution in [1.82, 2.24) is 0 Å². The minimum absolute atomic E-state index is 0.150. The van der Waals surface area contributed by atoms with Gasteiger partial charge in [0.15, 0.2) is 0 Å². The number of carbonyl (C=O) groups is 1. The van der Waals surface area contributed by atoms with Gasteiger partial charge in [0.2, 0.25) is 0 Å². The fourth-order valence-electron chi connectivity index (χ4n) is 6.26. The highest BCUT2D eigenvalue weighted by Gasteiger charge is 2.13. The van der Waals surface area contributed by atoms with E-state index in [4.69, 9.17) is 5.11 Å². The topological polar surface area (TPSA) is 37.3 Å². The summed E-state index contributed by atoms with van der Waals surface area (Å²) >= 11 is 0. The van der Waals surface area contributed by atoms with Crippen LogP contribution in [0.25, 0.3) is 0 Å². The average molecular weight is 563 g/mol. The number of rotatable bonds is 4. The normalized spacial score (nSPS) is 20.5. The SMILES string of the molecule is C1CCCCCCCCC1.C1CCCCCCCCC1.C1CCCCCCCCC1.C=C(C(=O)O)C(CC)CC. The van der Waals surface area contributed by atoms with Crippen LogP contribution in [0.15, 0.2) is 12.2 Å². The van der Waals surface area contributed by atoms with Crippen LogP contribution in [0, 0.1) is 5.92 Å². The highest BCUT2D eigenvalue weighted by atomic mass is 16.4. The van der Waals surface area contributed by atoms with Crippen molar-refractivity contribution in [3.05, 3.63) is 12.2 Å². The summed E-state index contributed by atoms with van der Waals surface area (Å²) in [5, 5.41) is 8.52. The molecule has 0 aromatic carbocycles. The van der Waals surface area contributed by atoms with Crippen LogP contribution >= 0.6 is 0 Å². The van der Waals surface area contributed by atoms with E-state index < -0.39 is 5.97 Å². The van der Waals surface area contributed by atoms with Crippen molar-refractivity contribution in [3.63, 3.8) is 0 Å². The minimum Gasteiger partial charge on any atom is -0.478 e. The van der Waals surface area contributed by atoms with E-state index in [0.717, 1.165) is 12.8 Å². The van der Waals surface area contributed by atoms with Crippen molar-refractivity contribution in [2.45, 2.75) is 219 Å². The molecule has 2 heteroatoms. The van der Waals surface area contributed by atoms with E-state index in [1.807, 2.05) is 13.8 Å². The fraction of sp³-hybridized carbons (Fsp3) is 0.921. The van der Waals surface area contributed by atoms with Crippen LogP contribution in [0.3, 0.4) is 0 Å². The van der Waals surface area contributed by atoms with Crippen molar-refractivity contribution >= 4 is 5.97 Å². The molecule has 3 aliphatic carbocycles. The molecule has 0 spiro atoms. The Morgan fingerprint density at radius 3 is 0.600 bits per heavy atom. The average Bonchev–Trinajstić information content (AvgIpc) is 2.99. The summed E-state index contributed by atoms with van der Waals surface area (Å²) in [7, 11) is 0. The molecule has 1 N–H and O–H groups in total. The van der Waals surface area contributed by atoms with Gasteiger partial charge < -0.3 is 5.11 Å². The predicted molar refractivity (Wildman–Crippen MR) is 179 cm³/mol. The van der Waals surface area contributed by atoms with Gasteiger partial charge in [0, 0.05) is 5.57 Å². The van der Waals surface area contributed by atoms with Crippen LogP contribution in [0.1, 0.15) is 219 Å². The van der Waals surface area contributed by atoms with Crippen molar-refractivity contribution in [1.29, 1.82) is 0 Å². The van der Waals surface area contributed by atoms with Gasteiger partial charge in [-0.15, -0.1) is 0 Å². The number of carboxylic acids is 1. The Morgan fingerprint density at radius 2 is 0.550 bits per heavy atom. The third-order valence-corrected chi connectivity index (χ3v) is 9.25. The molecule has 0 radical (unpaired) electrons. The summed E-state index contributed by atoms with van der Waals surface area (Å²) in [5.74, 6) is -0.716. The smallest absolute Gasteiger partial charge is 0.331 e. The molecule has 0 amide bonds. The standard InChI is InChI=1S/3C10H20.C8H14O2/c3*1-2-4-6-8-10-9-7-5-3-1;1-4-7(5-2)6(3)8(9)10/h3*1-10H2;7H,3-5H2,1-2H3,(H,9,10). The molecule has 40 heavy (non-hydrogen) atoms. The Labute approximate surface area is 253 Å². The molecule has 0 atom stereocenters. The third-order valence-electron chi connectivity index (χ3n) is 9.25. The molecule has 238 valence electrons. The Morgan fingerprint density at radius 1 is 0.425 bits per heavy atom. The first-order valence-corrected chi connectivity index (χ1v) is 18.6. The minimum atomic E-state index is -0.867. The molecule has 0 aliphatic heterocycles. The second-order valence-electron chi connectivity index (χ2n) is 13.0. The summed E-state index contributed by atoms with van der Waals surface area (Å²) in [6.45, 7) is 7.45. The first kappa shape index (κ1) is 39.2. The predicted octanol–water partition coefficient (Wildman–Crippen LogP) is 13.8. The van der Waals surface area contributed by atoms with Gasteiger partial charge in [0.05, 0.1) is 0 Å². The lowest BCUT2D eigenvalue weighted by Crippen LogP contribution is -2.09. The van der Waals surface area contributed by atoms with Gasteiger partial charge in [-0.3, -0.25) is 0 Å². The third kappa shape index (κ3) is 28.7. The van der Waals surface area contributed by atoms with E-state index >= 15 is 0 Å². The fourth-order valence-corrected chi connectivity index (χ4v) is 6.26. The van der Waals surface area contributed by atoms with E-state index in [9.17, 15) is 4.79 Å². The summed E-state index contributed by atoms with van der Waals surface area (Å²) < 4.78 is 0. The molecule has 0 aromatic heterocycles. The lowest BCUT2D eigenvalue weighted by atomic mass is 9.95. The molecule has 3 aliphatic rings. The lowest BCUT2D eigenvalue weighted by molar-refractivity contribution is -0.133. The van der Waals surface area contributed by atoms with Gasteiger partial charge in [-0.05, 0) is 18.8 Å².